The maximum Gasteiger partial charge on any atom is 0.290 e. The molecule has 1 aliphatic rings. The molecule has 3 aromatic carbocycles. The van der Waals surface area contributed by atoms with Gasteiger partial charge < -0.3 is 10.0 Å². The van der Waals surface area contributed by atoms with E-state index in [2.05, 4.69) is 6.92 Å². The average Bonchev–Trinajstić information content (AvgIpc) is 3.12. The molecule has 4 heteroatoms. The topological polar surface area (TPSA) is 57.6 Å². The number of carbonyl (C=O) groups excluding carboxylic acids is 2. The van der Waals surface area contributed by atoms with E-state index in [0.717, 1.165) is 23.1 Å². The quantitative estimate of drug-likeness (QED) is 0.476. The third-order valence-corrected chi connectivity index (χ3v) is 5.98. The van der Waals surface area contributed by atoms with Crippen LogP contribution in [0.1, 0.15) is 35.2 Å². The Bertz CT molecular complexity index is 1180. The minimum atomic E-state index is -0.625. The summed E-state index contributed by atoms with van der Waals surface area (Å²) < 4.78 is 0. The average molecular weight is 438 g/mol. The first-order chi connectivity index (χ1) is 16.1. The molecule has 0 spiro atoms. The Morgan fingerprint density at radius 1 is 0.909 bits per heavy atom. The maximum atomic E-state index is 13.2. The minimum absolute atomic E-state index is 0.129. The zero-order valence-electron chi connectivity index (χ0n) is 18.6. The van der Waals surface area contributed by atoms with Gasteiger partial charge in [-0.3, -0.25) is 9.59 Å². The number of rotatable bonds is 8. The molecule has 166 valence electrons. The van der Waals surface area contributed by atoms with Crippen LogP contribution in [0.15, 0.2) is 102 Å². The van der Waals surface area contributed by atoms with Crippen molar-refractivity contribution in [3.63, 3.8) is 0 Å². The Morgan fingerprint density at radius 2 is 1.55 bits per heavy atom. The number of hydrogen-bond donors (Lipinski definition) is 1. The van der Waals surface area contributed by atoms with Crippen molar-refractivity contribution in [2.75, 3.05) is 6.54 Å². The fourth-order valence-electron chi connectivity index (χ4n) is 4.14. The lowest BCUT2D eigenvalue weighted by atomic mass is 9.94. The molecule has 0 aliphatic carbocycles. The molecule has 0 fully saturated rings. The van der Waals surface area contributed by atoms with E-state index in [9.17, 15) is 14.7 Å². The zero-order valence-corrected chi connectivity index (χ0v) is 18.6. The minimum Gasteiger partial charge on any atom is -0.503 e. The predicted octanol–water partition coefficient (Wildman–Crippen LogP) is 5.47. The Labute approximate surface area is 194 Å². The molecule has 1 N–H and O–H groups in total. The molecule has 0 aromatic heterocycles. The number of aliphatic hydroxyl groups excluding tert-OH is 1. The molecule has 0 radical (unpaired) electrons. The monoisotopic (exact) mass is 437 g/mol. The first-order valence-electron chi connectivity index (χ1n) is 11.2. The number of aliphatic hydroxyl groups is 1. The van der Waals surface area contributed by atoms with E-state index in [4.69, 9.17) is 0 Å². The summed E-state index contributed by atoms with van der Waals surface area (Å²) in [5.74, 6) is -1.33. The van der Waals surface area contributed by atoms with E-state index in [1.807, 2.05) is 84.9 Å². The van der Waals surface area contributed by atoms with E-state index < -0.39 is 17.7 Å². The van der Waals surface area contributed by atoms with Gasteiger partial charge in [-0.1, -0.05) is 97.9 Å². The fraction of sp³-hybridized carbons (Fsp3) is 0.172. The molecule has 1 amide bonds. The Morgan fingerprint density at radius 3 is 2.18 bits per heavy atom. The van der Waals surface area contributed by atoms with E-state index in [1.165, 1.54) is 11.6 Å². The molecule has 0 saturated heterocycles. The number of hydrogen-bond acceptors (Lipinski definition) is 3. The molecular weight excluding hydrogens is 410 g/mol. The molecular formula is C29H27NO3. The van der Waals surface area contributed by atoms with Crippen LogP contribution in [0.2, 0.25) is 0 Å². The number of carbonyl (C=O) groups is 2. The van der Waals surface area contributed by atoms with E-state index in [0.29, 0.717) is 13.0 Å². The molecule has 0 bridgehead atoms. The zero-order chi connectivity index (χ0) is 23.2. The predicted molar refractivity (Wildman–Crippen MR) is 131 cm³/mol. The lowest BCUT2D eigenvalue weighted by Crippen LogP contribution is -2.33. The van der Waals surface area contributed by atoms with Crippen molar-refractivity contribution in [3.05, 3.63) is 125 Å². The van der Waals surface area contributed by atoms with Crippen LogP contribution < -0.4 is 0 Å². The van der Waals surface area contributed by atoms with Crippen LogP contribution in [0.25, 0.3) is 6.08 Å². The smallest absolute Gasteiger partial charge is 0.290 e. The summed E-state index contributed by atoms with van der Waals surface area (Å²) in [6.45, 7) is 2.47. The second-order valence-electron chi connectivity index (χ2n) is 8.10. The van der Waals surface area contributed by atoms with Gasteiger partial charge in [-0.05, 0) is 41.2 Å². The first kappa shape index (κ1) is 22.3. The summed E-state index contributed by atoms with van der Waals surface area (Å²) in [6.07, 6.45) is 4.66. The van der Waals surface area contributed by atoms with Crippen molar-refractivity contribution in [1.82, 2.24) is 4.90 Å². The standard InChI is InChI=1S/C29H27NO3/c1-2-21-13-16-24(17-14-21)27-26(25(31)18-15-22-9-5-3-6-10-22)28(32)29(33)30(27)20-19-23-11-7-4-8-12-23/h3-18,27,32H,2,19-20H2,1H3/b18-15+. The molecule has 1 heterocycles. The van der Waals surface area contributed by atoms with Gasteiger partial charge in [0, 0.05) is 6.54 Å². The summed E-state index contributed by atoms with van der Waals surface area (Å²) in [7, 11) is 0. The van der Waals surface area contributed by atoms with Crippen LogP contribution in [0.3, 0.4) is 0 Å². The van der Waals surface area contributed by atoms with Crippen LogP contribution in [0.4, 0.5) is 0 Å². The summed E-state index contributed by atoms with van der Waals surface area (Å²) in [5.41, 5.74) is 4.08. The number of amides is 1. The van der Waals surface area contributed by atoms with Gasteiger partial charge in [0.15, 0.2) is 11.5 Å². The van der Waals surface area contributed by atoms with Crippen molar-refractivity contribution in [2.24, 2.45) is 0 Å². The second kappa shape index (κ2) is 10.1. The number of nitrogens with zero attached hydrogens (tertiary/aromatic N) is 1. The Hall–Kier alpha value is -3.92. The molecule has 3 aromatic rings. The van der Waals surface area contributed by atoms with Gasteiger partial charge in [-0.25, -0.2) is 0 Å². The summed E-state index contributed by atoms with van der Waals surface area (Å²) in [4.78, 5) is 27.9. The van der Waals surface area contributed by atoms with Crippen LogP contribution >= 0.6 is 0 Å². The highest BCUT2D eigenvalue weighted by atomic mass is 16.3. The second-order valence-corrected chi connectivity index (χ2v) is 8.10. The molecule has 4 nitrogen and oxygen atoms in total. The molecule has 33 heavy (non-hydrogen) atoms. The van der Waals surface area contributed by atoms with E-state index in [-0.39, 0.29) is 11.4 Å². The van der Waals surface area contributed by atoms with Crippen LogP contribution in [0, 0.1) is 0 Å². The van der Waals surface area contributed by atoms with Crippen LogP contribution in [-0.4, -0.2) is 28.2 Å². The molecule has 4 rings (SSSR count). The van der Waals surface area contributed by atoms with Gasteiger partial charge >= 0.3 is 0 Å². The van der Waals surface area contributed by atoms with Gasteiger partial charge in [0.2, 0.25) is 0 Å². The highest BCUT2D eigenvalue weighted by molar-refractivity contribution is 6.14. The normalized spacial score (nSPS) is 16.1. The van der Waals surface area contributed by atoms with Gasteiger partial charge in [0.25, 0.3) is 5.91 Å². The number of ketones is 1. The van der Waals surface area contributed by atoms with Crippen molar-refractivity contribution < 1.29 is 14.7 Å². The SMILES string of the molecule is CCc1ccc(C2C(C(=O)/C=C/c3ccccc3)=C(O)C(=O)N2CCc2ccccc2)cc1. The van der Waals surface area contributed by atoms with Crippen molar-refractivity contribution in [1.29, 1.82) is 0 Å². The van der Waals surface area contributed by atoms with Crippen molar-refractivity contribution in [2.45, 2.75) is 25.8 Å². The van der Waals surface area contributed by atoms with Crippen LogP contribution in [-0.2, 0) is 22.4 Å². The molecule has 1 unspecified atom stereocenters. The van der Waals surface area contributed by atoms with Gasteiger partial charge in [0.1, 0.15) is 0 Å². The lowest BCUT2D eigenvalue weighted by Gasteiger charge is -2.27. The Kier molecular flexibility index (Phi) is 6.84. The highest BCUT2D eigenvalue weighted by Crippen LogP contribution is 2.38. The third-order valence-electron chi connectivity index (χ3n) is 5.98. The van der Waals surface area contributed by atoms with Crippen molar-refractivity contribution in [3.8, 4) is 0 Å². The fourth-order valence-corrected chi connectivity index (χ4v) is 4.14. The highest BCUT2D eigenvalue weighted by Gasteiger charge is 2.42. The van der Waals surface area contributed by atoms with Crippen LogP contribution in [0.5, 0.6) is 0 Å². The summed E-state index contributed by atoms with van der Waals surface area (Å²) in [6, 6.07) is 26.6. The first-order valence-corrected chi connectivity index (χ1v) is 11.2. The molecule has 0 saturated carbocycles. The number of allylic oxidation sites excluding steroid dienone is 1. The lowest BCUT2D eigenvalue weighted by molar-refractivity contribution is -0.129. The Balaban J connectivity index is 1.66. The van der Waals surface area contributed by atoms with Gasteiger partial charge in [0.05, 0.1) is 11.6 Å². The van der Waals surface area contributed by atoms with Gasteiger partial charge in [-0.2, -0.15) is 0 Å². The maximum absolute atomic E-state index is 13.2. The summed E-state index contributed by atoms with van der Waals surface area (Å²) >= 11 is 0. The molecule has 1 atom stereocenters. The number of aryl methyl sites for hydroxylation is 1. The third kappa shape index (κ3) is 4.96. The van der Waals surface area contributed by atoms with E-state index >= 15 is 0 Å². The van der Waals surface area contributed by atoms with Crippen molar-refractivity contribution >= 4 is 17.8 Å². The molecule has 1 aliphatic heterocycles. The summed E-state index contributed by atoms with van der Waals surface area (Å²) in [5, 5.41) is 10.8. The van der Waals surface area contributed by atoms with E-state index in [1.54, 1.807) is 11.0 Å². The number of benzene rings is 3. The van der Waals surface area contributed by atoms with Gasteiger partial charge in [-0.15, -0.1) is 0 Å². The largest absolute Gasteiger partial charge is 0.503 e.